The molecule has 1 aromatic carbocycles. The highest BCUT2D eigenvalue weighted by molar-refractivity contribution is 9.10. The molecule has 0 aromatic heterocycles. The van der Waals surface area contributed by atoms with Crippen LogP contribution in [0.25, 0.3) is 0 Å². The van der Waals surface area contributed by atoms with Crippen molar-refractivity contribution in [2.24, 2.45) is 0 Å². The van der Waals surface area contributed by atoms with Crippen molar-refractivity contribution >= 4 is 33.3 Å². The van der Waals surface area contributed by atoms with Crippen LogP contribution in [0.3, 0.4) is 0 Å². The van der Waals surface area contributed by atoms with Crippen molar-refractivity contribution in [3.63, 3.8) is 0 Å². The van der Waals surface area contributed by atoms with Gasteiger partial charge in [-0.05, 0) is 22.0 Å². The molecule has 0 spiro atoms. The van der Waals surface area contributed by atoms with E-state index in [0.29, 0.717) is 17.6 Å². The summed E-state index contributed by atoms with van der Waals surface area (Å²) in [7, 11) is 0. The lowest BCUT2D eigenvalue weighted by Crippen LogP contribution is -2.46. The zero-order valence-corrected chi connectivity index (χ0v) is 11.4. The summed E-state index contributed by atoms with van der Waals surface area (Å²) in [4.78, 5) is 22.9. The Balaban J connectivity index is 2.22. The van der Waals surface area contributed by atoms with Crippen LogP contribution < -0.4 is 4.90 Å². The van der Waals surface area contributed by atoms with Crippen LogP contribution in [-0.2, 0) is 9.53 Å². The molecule has 19 heavy (non-hydrogen) atoms. The Labute approximate surface area is 117 Å². The highest BCUT2D eigenvalue weighted by Gasteiger charge is 2.27. The van der Waals surface area contributed by atoms with Gasteiger partial charge in [0.25, 0.3) is 5.69 Å². The molecule has 1 aliphatic heterocycles. The third-order valence-electron chi connectivity index (χ3n) is 2.82. The van der Waals surface area contributed by atoms with Crippen molar-refractivity contribution in [2.45, 2.75) is 6.10 Å². The second-order valence-electron chi connectivity index (χ2n) is 4.04. The molecule has 0 radical (unpaired) electrons. The van der Waals surface area contributed by atoms with Crippen LogP contribution in [0.5, 0.6) is 0 Å². The summed E-state index contributed by atoms with van der Waals surface area (Å²) < 4.78 is 5.69. The van der Waals surface area contributed by atoms with Gasteiger partial charge in [0.05, 0.1) is 23.8 Å². The third kappa shape index (κ3) is 3.02. The Hall–Kier alpha value is -1.67. The Morgan fingerprint density at radius 1 is 1.58 bits per heavy atom. The molecule has 0 bridgehead atoms. The molecule has 1 heterocycles. The van der Waals surface area contributed by atoms with E-state index in [1.54, 1.807) is 6.07 Å². The number of carbonyl (C=O) groups is 1. The van der Waals surface area contributed by atoms with E-state index in [2.05, 4.69) is 15.9 Å². The second-order valence-corrected chi connectivity index (χ2v) is 4.89. The van der Waals surface area contributed by atoms with Crippen molar-refractivity contribution in [1.82, 2.24) is 0 Å². The number of carboxylic acid groups (broad SMARTS) is 1. The number of nitro groups is 1. The van der Waals surface area contributed by atoms with E-state index in [1.807, 2.05) is 4.90 Å². The molecule has 1 unspecified atom stereocenters. The van der Waals surface area contributed by atoms with Crippen LogP contribution in [0, 0.1) is 10.1 Å². The Kier molecular flexibility index (Phi) is 4.01. The maximum absolute atomic E-state index is 10.9. The minimum absolute atomic E-state index is 0.0151. The number of ether oxygens (including phenoxy) is 1. The van der Waals surface area contributed by atoms with Gasteiger partial charge in [0.15, 0.2) is 6.10 Å². The average Bonchev–Trinajstić information content (AvgIpc) is 2.38. The number of benzene rings is 1. The van der Waals surface area contributed by atoms with Gasteiger partial charge in [0.1, 0.15) is 0 Å². The van der Waals surface area contributed by atoms with E-state index in [4.69, 9.17) is 9.84 Å². The maximum atomic E-state index is 10.9. The molecular weight excluding hydrogens is 320 g/mol. The van der Waals surface area contributed by atoms with E-state index in [0.717, 1.165) is 5.69 Å². The fraction of sp³-hybridized carbons (Fsp3) is 0.364. The predicted octanol–water partition coefficient (Wildman–Crippen LogP) is 1.65. The number of non-ortho nitro benzene ring substituents is 1. The fourth-order valence-electron chi connectivity index (χ4n) is 1.88. The van der Waals surface area contributed by atoms with Gasteiger partial charge >= 0.3 is 5.97 Å². The summed E-state index contributed by atoms with van der Waals surface area (Å²) in [5, 5.41) is 19.6. The maximum Gasteiger partial charge on any atom is 0.334 e. The Bertz CT molecular complexity index is 522. The molecule has 1 aromatic rings. The van der Waals surface area contributed by atoms with Gasteiger partial charge in [-0.3, -0.25) is 10.1 Å². The first-order valence-electron chi connectivity index (χ1n) is 5.52. The zero-order valence-electron chi connectivity index (χ0n) is 9.78. The molecule has 1 atom stereocenters. The number of nitro benzene ring substituents is 1. The molecule has 1 saturated heterocycles. The minimum atomic E-state index is -1.01. The third-order valence-corrected chi connectivity index (χ3v) is 3.46. The molecule has 1 N–H and O–H groups in total. The number of nitrogens with zero attached hydrogens (tertiary/aromatic N) is 2. The van der Waals surface area contributed by atoms with Crippen molar-refractivity contribution < 1.29 is 19.6 Å². The van der Waals surface area contributed by atoms with Gasteiger partial charge in [-0.2, -0.15) is 0 Å². The fourth-order valence-corrected chi connectivity index (χ4v) is 2.50. The SMILES string of the molecule is O=C(O)C1CN(c2ccc([N+](=O)[O-])cc2Br)CCO1. The summed E-state index contributed by atoms with van der Waals surface area (Å²) >= 11 is 3.27. The van der Waals surface area contributed by atoms with Gasteiger partial charge in [-0.15, -0.1) is 0 Å². The van der Waals surface area contributed by atoms with E-state index >= 15 is 0 Å². The molecule has 0 aliphatic carbocycles. The zero-order chi connectivity index (χ0) is 14.0. The highest BCUT2D eigenvalue weighted by atomic mass is 79.9. The number of carboxylic acids is 1. The molecular formula is C11H11BrN2O5. The quantitative estimate of drug-likeness (QED) is 0.669. The summed E-state index contributed by atoms with van der Waals surface area (Å²) in [5.74, 6) is -1.01. The standard InChI is InChI=1S/C11H11BrN2O5/c12-8-5-7(14(17)18)1-2-9(8)13-3-4-19-10(6-13)11(15)16/h1-2,5,10H,3-4,6H2,(H,15,16). The van der Waals surface area contributed by atoms with E-state index < -0.39 is 17.0 Å². The lowest BCUT2D eigenvalue weighted by molar-refractivity contribution is -0.384. The number of morpholine rings is 1. The molecule has 0 amide bonds. The van der Waals surface area contributed by atoms with Gasteiger partial charge < -0.3 is 14.7 Å². The van der Waals surface area contributed by atoms with Crippen molar-refractivity contribution in [3.05, 3.63) is 32.8 Å². The van der Waals surface area contributed by atoms with Crippen LogP contribution in [0.1, 0.15) is 0 Å². The molecule has 7 nitrogen and oxygen atoms in total. The monoisotopic (exact) mass is 330 g/mol. The first-order chi connectivity index (χ1) is 8.99. The topological polar surface area (TPSA) is 92.9 Å². The number of aliphatic carboxylic acids is 1. The first-order valence-corrected chi connectivity index (χ1v) is 6.31. The summed E-state index contributed by atoms with van der Waals surface area (Å²) in [5.41, 5.74) is 0.707. The van der Waals surface area contributed by atoms with Crippen LogP contribution in [-0.4, -0.2) is 41.8 Å². The summed E-state index contributed by atoms with van der Waals surface area (Å²) in [6.45, 7) is 1.06. The van der Waals surface area contributed by atoms with Gasteiger partial charge in [-0.1, -0.05) is 0 Å². The van der Waals surface area contributed by atoms with E-state index in [9.17, 15) is 14.9 Å². The van der Waals surface area contributed by atoms with Gasteiger partial charge in [0.2, 0.25) is 0 Å². The molecule has 1 fully saturated rings. The minimum Gasteiger partial charge on any atom is -0.479 e. The van der Waals surface area contributed by atoms with Crippen LogP contribution in [0.2, 0.25) is 0 Å². The number of rotatable bonds is 3. The number of halogens is 1. The summed E-state index contributed by atoms with van der Waals surface area (Å²) in [6.07, 6.45) is -0.879. The average molecular weight is 331 g/mol. The second kappa shape index (κ2) is 5.54. The normalized spacial score (nSPS) is 19.2. The Morgan fingerprint density at radius 2 is 2.32 bits per heavy atom. The highest BCUT2D eigenvalue weighted by Crippen LogP contribution is 2.31. The predicted molar refractivity (Wildman–Crippen MR) is 70.4 cm³/mol. The number of hydrogen-bond donors (Lipinski definition) is 1. The molecule has 8 heteroatoms. The van der Waals surface area contributed by atoms with Gasteiger partial charge in [-0.25, -0.2) is 4.79 Å². The smallest absolute Gasteiger partial charge is 0.334 e. The Morgan fingerprint density at radius 3 is 2.89 bits per heavy atom. The number of hydrogen-bond acceptors (Lipinski definition) is 5. The molecule has 0 saturated carbocycles. The molecule has 1 aliphatic rings. The molecule has 102 valence electrons. The lowest BCUT2D eigenvalue weighted by atomic mass is 10.2. The molecule has 2 rings (SSSR count). The van der Waals surface area contributed by atoms with Crippen LogP contribution in [0.15, 0.2) is 22.7 Å². The van der Waals surface area contributed by atoms with Crippen molar-refractivity contribution in [3.8, 4) is 0 Å². The van der Waals surface area contributed by atoms with Crippen molar-refractivity contribution in [1.29, 1.82) is 0 Å². The van der Waals surface area contributed by atoms with Crippen LogP contribution >= 0.6 is 15.9 Å². The van der Waals surface area contributed by atoms with E-state index in [1.165, 1.54) is 12.1 Å². The summed E-state index contributed by atoms with van der Waals surface area (Å²) in [6, 6.07) is 4.40. The van der Waals surface area contributed by atoms with Crippen LogP contribution in [0.4, 0.5) is 11.4 Å². The van der Waals surface area contributed by atoms with Gasteiger partial charge in [0, 0.05) is 23.2 Å². The largest absolute Gasteiger partial charge is 0.479 e. The van der Waals surface area contributed by atoms with Crippen molar-refractivity contribution in [2.75, 3.05) is 24.6 Å². The lowest BCUT2D eigenvalue weighted by Gasteiger charge is -2.33. The van der Waals surface area contributed by atoms with E-state index in [-0.39, 0.29) is 12.2 Å². The number of anilines is 1. The first kappa shape index (κ1) is 13.8.